The predicted octanol–water partition coefficient (Wildman–Crippen LogP) is 2.95. The molecule has 1 aliphatic heterocycles. The Balaban J connectivity index is 1.49. The van der Waals surface area contributed by atoms with Crippen LogP contribution in [0.4, 0.5) is 0 Å². The number of aryl methyl sites for hydroxylation is 4. The molecule has 2 aromatic heterocycles. The highest BCUT2D eigenvalue weighted by molar-refractivity contribution is 5.76. The number of imidazole rings is 1. The smallest absolute Gasteiger partial charge is 0.222 e. The molecule has 0 aliphatic carbocycles. The van der Waals surface area contributed by atoms with Gasteiger partial charge in [0.2, 0.25) is 5.91 Å². The highest BCUT2D eigenvalue weighted by atomic mass is 16.2. The molecule has 1 aliphatic rings. The Labute approximate surface area is 149 Å². The third-order valence-electron chi connectivity index (χ3n) is 5.09. The average Bonchev–Trinajstić information content (AvgIpc) is 3.23. The number of piperidine rings is 1. The molecule has 0 radical (unpaired) electrons. The minimum atomic E-state index is 0.303. The van der Waals surface area contributed by atoms with E-state index in [2.05, 4.69) is 32.5 Å². The maximum atomic E-state index is 12.7. The maximum absolute atomic E-state index is 12.7. The van der Waals surface area contributed by atoms with Crippen molar-refractivity contribution in [2.75, 3.05) is 6.54 Å². The molecule has 0 spiro atoms. The Kier molecular flexibility index (Phi) is 5.89. The van der Waals surface area contributed by atoms with E-state index in [4.69, 9.17) is 0 Å². The van der Waals surface area contributed by atoms with Crippen molar-refractivity contribution in [1.29, 1.82) is 0 Å². The first kappa shape index (κ1) is 17.7. The van der Waals surface area contributed by atoms with Crippen molar-refractivity contribution in [2.45, 2.75) is 71.5 Å². The SMILES string of the molecule is Cc1cc(C)n(CCCC(=O)N2CCCCC2CCn2ccnc2)n1. The second-order valence-electron chi connectivity index (χ2n) is 7.08. The molecule has 1 fully saturated rings. The van der Waals surface area contributed by atoms with Crippen LogP contribution >= 0.6 is 0 Å². The van der Waals surface area contributed by atoms with Gasteiger partial charge in [0.15, 0.2) is 0 Å². The Bertz CT molecular complexity index is 676. The lowest BCUT2D eigenvalue weighted by atomic mass is 9.98. The fourth-order valence-electron chi connectivity index (χ4n) is 3.77. The number of carbonyl (C=O) groups is 1. The van der Waals surface area contributed by atoms with Crippen molar-refractivity contribution >= 4 is 5.91 Å². The van der Waals surface area contributed by atoms with Crippen molar-refractivity contribution in [3.63, 3.8) is 0 Å². The zero-order valence-electron chi connectivity index (χ0n) is 15.4. The van der Waals surface area contributed by atoms with Gasteiger partial charge in [-0.2, -0.15) is 5.10 Å². The van der Waals surface area contributed by atoms with Crippen LogP contribution in [0.5, 0.6) is 0 Å². The zero-order valence-corrected chi connectivity index (χ0v) is 15.4. The molecule has 6 heteroatoms. The van der Waals surface area contributed by atoms with Crippen LogP contribution in [0.3, 0.4) is 0 Å². The summed E-state index contributed by atoms with van der Waals surface area (Å²) in [6, 6.07) is 2.45. The molecule has 3 rings (SSSR count). The van der Waals surface area contributed by atoms with E-state index in [1.165, 1.54) is 12.1 Å². The summed E-state index contributed by atoms with van der Waals surface area (Å²) >= 11 is 0. The normalized spacial score (nSPS) is 17.8. The van der Waals surface area contributed by atoms with Gasteiger partial charge in [0.25, 0.3) is 0 Å². The molecule has 2 aromatic rings. The van der Waals surface area contributed by atoms with Gasteiger partial charge in [-0.3, -0.25) is 9.48 Å². The Morgan fingerprint density at radius 1 is 1.28 bits per heavy atom. The molecule has 0 bridgehead atoms. The highest BCUT2D eigenvalue weighted by Gasteiger charge is 2.26. The molecule has 6 nitrogen and oxygen atoms in total. The van der Waals surface area contributed by atoms with Crippen LogP contribution in [-0.2, 0) is 17.9 Å². The summed E-state index contributed by atoms with van der Waals surface area (Å²) in [5, 5.41) is 4.48. The van der Waals surface area contributed by atoms with Crippen LogP contribution in [0, 0.1) is 13.8 Å². The molecule has 1 saturated heterocycles. The van der Waals surface area contributed by atoms with E-state index in [9.17, 15) is 4.79 Å². The standard InChI is InChI=1S/C19H29N5O/c1-16-14-17(2)24(21-16)11-5-7-19(25)23-10-4-3-6-18(23)8-12-22-13-9-20-15-22/h9,13-15,18H,3-8,10-12H2,1-2H3. The molecular weight excluding hydrogens is 314 g/mol. The van der Waals surface area contributed by atoms with Crippen LogP contribution < -0.4 is 0 Å². The number of hydrogen-bond acceptors (Lipinski definition) is 3. The first-order chi connectivity index (χ1) is 12.1. The molecule has 0 N–H and O–H groups in total. The number of rotatable bonds is 7. The molecule has 1 unspecified atom stereocenters. The van der Waals surface area contributed by atoms with E-state index in [1.54, 1.807) is 0 Å². The van der Waals surface area contributed by atoms with E-state index in [0.29, 0.717) is 18.4 Å². The third kappa shape index (κ3) is 4.71. The van der Waals surface area contributed by atoms with E-state index >= 15 is 0 Å². The number of carbonyl (C=O) groups excluding carboxylic acids is 1. The van der Waals surface area contributed by atoms with Crippen molar-refractivity contribution in [2.24, 2.45) is 0 Å². The monoisotopic (exact) mass is 343 g/mol. The first-order valence-electron chi connectivity index (χ1n) is 9.40. The van der Waals surface area contributed by atoms with Crippen LogP contribution in [0.25, 0.3) is 0 Å². The zero-order chi connectivity index (χ0) is 17.6. The second kappa shape index (κ2) is 8.32. The fourth-order valence-corrected chi connectivity index (χ4v) is 3.77. The average molecular weight is 343 g/mol. The van der Waals surface area contributed by atoms with Crippen LogP contribution in [0.15, 0.2) is 24.8 Å². The van der Waals surface area contributed by atoms with Crippen LogP contribution in [0.1, 0.15) is 49.9 Å². The minimum Gasteiger partial charge on any atom is -0.340 e. The van der Waals surface area contributed by atoms with Crippen molar-refractivity contribution in [3.05, 3.63) is 36.2 Å². The lowest BCUT2D eigenvalue weighted by Crippen LogP contribution is -2.44. The fraction of sp³-hybridized carbons (Fsp3) is 0.632. The molecule has 0 saturated carbocycles. The summed E-state index contributed by atoms with van der Waals surface area (Å²) in [7, 11) is 0. The molecule has 25 heavy (non-hydrogen) atoms. The van der Waals surface area contributed by atoms with Crippen molar-refractivity contribution in [3.8, 4) is 0 Å². The largest absolute Gasteiger partial charge is 0.340 e. The molecular formula is C19H29N5O. The molecule has 1 amide bonds. The minimum absolute atomic E-state index is 0.303. The lowest BCUT2D eigenvalue weighted by Gasteiger charge is -2.36. The summed E-state index contributed by atoms with van der Waals surface area (Å²) in [5.74, 6) is 0.303. The van der Waals surface area contributed by atoms with Gasteiger partial charge in [0.1, 0.15) is 0 Å². The van der Waals surface area contributed by atoms with Gasteiger partial charge in [0, 0.05) is 50.2 Å². The molecule has 3 heterocycles. The van der Waals surface area contributed by atoms with E-state index in [0.717, 1.165) is 51.0 Å². The topological polar surface area (TPSA) is 56.0 Å². The summed E-state index contributed by atoms with van der Waals surface area (Å²) in [6.07, 6.45) is 11.6. The van der Waals surface area contributed by atoms with Crippen molar-refractivity contribution < 1.29 is 4.79 Å². The second-order valence-corrected chi connectivity index (χ2v) is 7.08. The summed E-state index contributed by atoms with van der Waals surface area (Å²) in [5.41, 5.74) is 2.21. The summed E-state index contributed by atoms with van der Waals surface area (Å²) < 4.78 is 4.11. The Morgan fingerprint density at radius 2 is 2.16 bits per heavy atom. The number of hydrogen-bond donors (Lipinski definition) is 0. The molecule has 136 valence electrons. The van der Waals surface area contributed by atoms with Crippen molar-refractivity contribution in [1.82, 2.24) is 24.2 Å². The summed E-state index contributed by atoms with van der Waals surface area (Å²) in [4.78, 5) is 18.9. The summed E-state index contributed by atoms with van der Waals surface area (Å²) in [6.45, 7) is 6.73. The maximum Gasteiger partial charge on any atom is 0.222 e. The van der Waals surface area contributed by atoms with Gasteiger partial charge < -0.3 is 9.47 Å². The van der Waals surface area contributed by atoms with Gasteiger partial charge in [0.05, 0.1) is 12.0 Å². The van der Waals surface area contributed by atoms with E-state index in [1.807, 2.05) is 30.3 Å². The Morgan fingerprint density at radius 3 is 2.88 bits per heavy atom. The van der Waals surface area contributed by atoms with E-state index < -0.39 is 0 Å². The third-order valence-corrected chi connectivity index (χ3v) is 5.09. The van der Waals surface area contributed by atoms with Gasteiger partial charge in [-0.1, -0.05) is 0 Å². The number of aromatic nitrogens is 4. The quantitative estimate of drug-likeness (QED) is 0.777. The van der Waals surface area contributed by atoms with Crippen LogP contribution in [-0.4, -0.2) is 42.7 Å². The van der Waals surface area contributed by atoms with Gasteiger partial charge >= 0.3 is 0 Å². The number of likely N-dealkylation sites (tertiary alicyclic amines) is 1. The highest BCUT2D eigenvalue weighted by Crippen LogP contribution is 2.21. The predicted molar refractivity (Wildman–Crippen MR) is 97.1 cm³/mol. The van der Waals surface area contributed by atoms with Gasteiger partial charge in [-0.25, -0.2) is 4.98 Å². The van der Waals surface area contributed by atoms with E-state index in [-0.39, 0.29) is 0 Å². The first-order valence-corrected chi connectivity index (χ1v) is 9.40. The lowest BCUT2D eigenvalue weighted by molar-refractivity contribution is -0.135. The van der Waals surface area contributed by atoms with Crippen LogP contribution in [0.2, 0.25) is 0 Å². The molecule has 1 atom stereocenters. The van der Waals surface area contributed by atoms with Gasteiger partial charge in [-0.05, 0) is 52.0 Å². The number of amides is 1. The number of nitrogens with zero attached hydrogens (tertiary/aromatic N) is 5. The Hall–Kier alpha value is -2.11. The molecule has 0 aromatic carbocycles. The van der Waals surface area contributed by atoms with Gasteiger partial charge in [-0.15, -0.1) is 0 Å².